The van der Waals surface area contributed by atoms with Crippen LogP contribution < -0.4 is 5.73 Å². The van der Waals surface area contributed by atoms with E-state index in [9.17, 15) is 5.11 Å². The number of hydrogen-bond acceptors (Lipinski definition) is 4. The molecule has 0 bridgehead atoms. The van der Waals surface area contributed by atoms with Crippen molar-refractivity contribution in [3.8, 4) is 0 Å². The van der Waals surface area contributed by atoms with E-state index in [0.717, 1.165) is 5.56 Å². The average Bonchev–Trinajstić information content (AvgIpc) is 2.31. The Labute approximate surface area is 93.8 Å². The lowest BCUT2D eigenvalue weighted by atomic mass is 10.0. The Bertz CT molecular complexity index is 459. The minimum absolute atomic E-state index is 0.512. The third kappa shape index (κ3) is 2.35. The molecule has 0 spiro atoms. The summed E-state index contributed by atoms with van der Waals surface area (Å²) in [5, 5.41) is 10.0. The van der Waals surface area contributed by atoms with Gasteiger partial charge in [0.2, 0.25) is 0 Å². The summed E-state index contributed by atoms with van der Waals surface area (Å²) in [5.41, 5.74) is 8.01. The molecule has 0 saturated heterocycles. The Kier molecular flexibility index (Phi) is 3.12. The Morgan fingerprint density at radius 1 is 1.12 bits per heavy atom. The van der Waals surface area contributed by atoms with Crippen molar-refractivity contribution >= 4 is 5.69 Å². The predicted molar refractivity (Wildman–Crippen MR) is 61.6 cm³/mol. The van der Waals surface area contributed by atoms with Gasteiger partial charge in [-0.05, 0) is 23.8 Å². The van der Waals surface area contributed by atoms with Gasteiger partial charge in [0.1, 0.15) is 0 Å². The summed E-state index contributed by atoms with van der Waals surface area (Å²) < 4.78 is 0. The number of aliphatic hydroxyl groups excluding tert-OH is 1. The van der Waals surface area contributed by atoms with Crippen molar-refractivity contribution in [2.75, 3.05) is 5.73 Å². The van der Waals surface area contributed by atoms with Gasteiger partial charge in [-0.2, -0.15) is 0 Å². The Balaban J connectivity index is 2.15. The van der Waals surface area contributed by atoms with Gasteiger partial charge < -0.3 is 10.8 Å². The van der Waals surface area contributed by atoms with Crippen LogP contribution in [-0.2, 0) is 6.42 Å². The number of nitrogen functional groups attached to an aromatic ring is 1. The number of anilines is 1. The number of pyridine rings is 2. The van der Waals surface area contributed by atoms with Crippen LogP contribution in [0.3, 0.4) is 0 Å². The minimum atomic E-state index is -0.629. The second kappa shape index (κ2) is 4.72. The minimum Gasteiger partial charge on any atom is -0.398 e. The molecular formula is C12H13N3O. The summed E-state index contributed by atoms with van der Waals surface area (Å²) in [4.78, 5) is 7.88. The highest BCUT2D eigenvalue weighted by molar-refractivity contribution is 5.45. The zero-order valence-corrected chi connectivity index (χ0v) is 8.74. The molecule has 82 valence electrons. The molecule has 2 aromatic rings. The van der Waals surface area contributed by atoms with Gasteiger partial charge in [-0.1, -0.05) is 0 Å². The van der Waals surface area contributed by atoms with Crippen LogP contribution >= 0.6 is 0 Å². The Hall–Kier alpha value is -1.94. The van der Waals surface area contributed by atoms with Crippen LogP contribution in [0.15, 0.2) is 43.0 Å². The highest BCUT2D eigenvalue weighted by Crippen LogP contribution is 2.22. The lowest BCUT2D eigenvalue weighted by Crippen LogP contribution is -2.05. The number of aliphatic hydroxyl groups is 1. The van der Waals surface area contributed by atoms with Gasteiger partial charge in [-0.3, -0.25) is 9.97 Å². The van der Waals surface area contributed by atoms with Crippen molar-refractivity contribution in [2.24, 2.45) is 0 Å². The maximum Gasteiger partial charge on any atom is 0.0865 e. The highest BCUT2D eigenvalue weighted by atomic mass is 16.3. The number of aromatic nitrogens is 2. The van der Waals surface area contributed by atoms with Gasteiger partial charge in [0.05, 0.1) is 6.10 Å². The first-order valence-electron chi connectivity index (χ1n) is 5.03. The molecule has 4 heteroatoms. The summed E-state index contributed by atoms with van der Waals surface area (Å²) in [7, 11) is 0. The van der Waals surface area contributed by atoms with E-state index in [1.807, 2.05) is 12.1 Å². The molecule has 1 atom stereocenters. The van der Waals surface area contributed by atoms with E-state index in [4.69, 9.17) is 5.73 Å². The van der Waals surface area contributed by atoms with Gasteiger partial charge in [0.15, 0.2) is 0 Å². The van der Waals surface area contributed by atoms with E-state index >= 15 is 0 Å². The van der Waals surface area contributed by atoms with Gasteiger partial charge in [0.25, 0.3) is 0 Å². The lowest BCUT2D eigenvalue weighted by molar-refractivity contribution is 0.179. The first-order valence-corrected chi connectivity index (χ1v) is 5.03. The van der Waals surface area contributed by atoms with Crippen LogP contribution in [-0.4, -0.2) is 15.1 Å². The van der Waals surface area contributed by atoms with Gasteiger partial charge in [-0.15, -0.1) is 0 Å². The lowest BCUT2D eigenvalue weighted by Gasteiger charge is -2.12. The van der Waals surface area contributed by atoms with E-state index in [-0.39, 0.29) is 0 Å². The van der Waals surface area contributed by atoms with E-state index in [1.165, 1.54) is 0 Å². The van der Waals surface area contributed by atoms with Crippen LogP contribution in [0, 0.1) is 0 Å². The van der Waals surface area contributed by atoms with Crippen molar-refractivity contribution in [1.82, 2.24) is 9.97 Å². The molecule has 2 aromatic heterocycles. The van der Waals surface area contributed by atoms with Crippen molar-refractivity contribution in [3.05, 3.63) is 54.1 Å². The molecule has 2 rings (SSSR count). The maximum absolute atomic E-state index is 10.0. The fourth-order valence-corrected chi connectivity index (χ4v) is 1.55. The predicted octanol–water partition coefficient (Wildman–Crippen LogP) is 1.33. The van der Waals surface area contributed by atoms with Gasteiger partial charge >= 0.3 is 0 Å². The Morgan fingerprint density at radius 3 is 2.50 bits per heavy atom. The van der Waals surface area contributed by atoms with E-state index < -0.39 is 6.10 Å². The monoisotopic (exact) mass is 215 g/mol. The van der Waals surface area contributed by atoms with E-state index in [1.54, 1.807) is 30.9 Å². The SMILES string of the molecule is Nc1ccncc1C(O)Cc1ccncc1. The molecule has 0 saturated carbocycles. The van der Waals surface area contributed by atoms with Gasteiger partial charge in [-0.25, -0.2) is 0 Å². The zero-order chi connectivity index (χ0) is 11.4. The topological polar surface area (TPSA) is 72.0 Å². The van der Waals surface area contributed by atoms with Crippen LogP contribution in [0.4, 0.5) is 5.69 Å². The normalized spacial score (nSPS) is 12.3. The number of nitrogens with zero attached hydrogens (tertiary/aromatic N) is 2. The van der Waals surface area contributed by atoms with Crippen molar-refractivity contribution in [2.45, 2.75) is 12.5 Å². The van der Waals surface area contributed by atoms with E-state index in [2.05, 4.69) is 9.97 Å². The largest absolute Gasteiger partial charge is 0.398 e. The molecule has 0 amide bonds. The second-order valence-corrected chi connectivity index (χ2v) is 3.58. The third-order valence-corrected chi connectivity index (χ3v) is 2.42. The molecule has 0 radical (unpaired) electrons. The molecule has 3 N–H and O–H groups in total. The summed E-state index contributed by atoms with van der Waals surface area (Å²) in [5.74, 6) is 0. The summed E-state index contributed by atoms with van der Waals surface area (Å²) in [6.07, 6.45) is 6.50. The van der Waals surface area contributed by atoms with Crippen LogP contribution in [0.1, 0.15) is 17.2 Å². The molecule has 0 aliphatic rings. The first-order chi connectivity index (χ1) is 7.77. The first kappa shape index (κ1) is 10.6. The standard InChI is InChI=1S/C12H13N3O/c13-11-3-6-15-8-10(11)12(16)7-9-1-4-14-5-2-9/h1-6,8,12,16H,7H2,(H2,13,15). The molecular weight excluding hydrogens is 202 g/mol. The van der Waals surface area contributed by atoms with Crippen molar-refractivity contribution < 1.29 is 5.11 Å². The fraction of sp³-hybridized carbons (Fsp3) is 0.167. The molecule has 0 fully saturated rings. The van der Waals surface area contributed by atoms with Gasteiger partial charge in [0, 0.05) is 42.5 Å². The quantitative estimate of drug-likeness (QED) is 0.810. The molecule has 1 unspecified atom stereocenters. The highest BCUT2D eigenvalue weighted by Gasteiger charge is 2.11. The van der Waals surface area contributed by atoms with Crippen LogP contribution in [0.25, 0.3) is 0 Å². The number of rotatable bonds is 3. The molecule has 0 aromatic carbocycles. The van der Waals surface area contributed by atoms with Crippen LogP contribution in [0.2, 0.25) is 0 Å². The summed E-state index contributed by atoms with van der Waals surface area (Å²) >= 11 is 0. The maximum atomic E-state index is 10.0. The molecule has 0 aliphatic heterocycles. The zero-order valence-electron chi connectivity index (χ0n) is 8.74. The molecule has 2 heterocycles. The summed E-state index contributed by atoms with van der Waals surface area (Å²) in [6, 6.07) is 5.43. The molecule has 16 heavy (non-hydrogen) atoms. The van der Waals surface area contributed by atoms with E-state index in [0.29, 0.717) is 17.7 Å². The second-order valence-electron chi connectivity index (χ2n) is 3.58. The Morgan fingerprint density at radius 2 is 1.81 bits per heavy atom. The number of hydrogen-bond donors (Lipinski definition) is 2. The number of nitrogens with two attached hydrogens (primary N) is 1. The van der Waals surface area contributed by atoms with Crippen molar-refractivity contribution in [3.63, 3.8) is 0 Å². The molecule has 0 aliphatic carbocycles. The molecule has 4 nitrogen and oxygen atoms in total. The smallest absolute Gasteiger partial charge is 0.0865 e. The van der Waals surface area contributed by atoms with Crippen LogP contribution in [0.5, 0.6) is 0 Å². The van der Waals surface area contributed by atoms with Crippen molar-refractivity contribution in [1.29, 1.82) is 0 Å². The average molecular weight is 215 g/mol. The fourth-order valence-electron chi connectivity index (χ4n) is 1.55. The third-order valence-electron chi connectivity index (χ3n) is 2.42. The summed E-state index contributed by atoms with van der Waals surface area (Å²) in [6.45, 7) is 0.